The minimum Gasteiger partial charge on any atom is -0.378 e. The van der Waals surface area contributed by atoms with E-state index in [1.54, 1.807) is 6.07 Å². The summed E-state index contributed by atoms with van der Waals surface area (Å²) >= 11 is 3.33. The Hall–Kier alpha value is -1.28. The van der Waals surface area contributed by atoms with E-state index in [1.807, 2.05) is 4.90 Å². The van der Waals surface area contributed by atoms with Gasteiger partial charge < -0.3 is 15.0 Å². The number of rotatable bonds is 3. The number of carbonyl (C=O) groups is 1. The minimum atomic E-state index is -3.04. The maximum atomic E-state index is 12.1. The predicted molar refractivity (Wildman–Crippen MR) is 69.6 cm³/mol. The topological polar surface area (TPSA) is 54.5 Å². The molecule has 1 fully saturated rings. The number of alkyl halides is 2. The number of hydrogen-bond acceptors (Lipinski definition) is 4. The highest BCUT2D eigenvalue weighted by Gasteiger charge is 2.18. The summed E-state index contributed by atoms with van der Waals surface area (Å²) in [6, 6.07) is 1.55. The molecule has 2 heterocycles. The molecule has 0 aliphatic carbocycles. The highest BCUT2D eigenvalue weighted by atomic mass is 79.9. The first kappa shape index (κ1) is 14.1. The number of ether oxygens (including phenoxy) is 1. The van der Waals surface area contributed by atoms with Gasteiger partial charge in [0.15, 0.2) is 0 Å². The second-order valence-electron chi connectivity index (χ2n) is 3.92. The van der Waals surface area contributed by atoms with E-state index in [9.17, 15) is 13.6 Å². The van der Waals surface area contributed by atoms with E-state index in [2.05, 4.69) is 26.2 Å². The second kappa shape index (κ2) is 6.25. The Morgan fingerprint density at radius 2 is 2.16 bits per heavy atom. The van der Waals surface area contributed by atoms with Gasteiger partial charge in [-0.05, 0) is 22.0 Å². The molecule has 0 radical (unpaired) electrons. The Morgan fingerprint density at radius 1 is 1.47 bits per heavy atom. The molecule has 1 aromatic rings. The molecule has 1 amide bonds. The van der Waals surface area contributed by atoms with Crippen molar-refractivity contribution in [3.05, 3.63) is 16.7 Å². The maximum Gasteiger partial charge on any atom is 0.315 e. The summed E-state index contributed by atoms with van der Waals surface area (Å²) in [6.07, 6.45) is -1.69. The molecule has 1 aliphatic rings. The summed E-state index contributed by atoms with van der Waals surface area (Å²) in [5, 5.41) is 2.09. The van der Waals surface area contributed by atoms with Crippen LogP contribution in [-0.4, -0.2) is 43.6 Å². The molecule has 0 bridgehead atoms. The lowest BCUT2D eigenvalue weighted by Crippen LogP contribution is -2.37. The van der Waals surface area contributed by atoms with Crippen LogP contribution in [0, 0.1) is 0 Å². The molecule has 19 heavy (non-hydrogen) atoms. The van der Waals surface area contributed by atoms with Crippen molar-refractivity contribution in [1.82, 2.24) is 4.98 Å². The Kier molecular flexibility index (Phi) is 4.65. The molecule has 0 spiro atoms. The highest BCUT2D eigenvalue weighted by molar-refractivity contribution is 9.10. The van der Waals surface area contributed by atoms with E-state index >= 15 is 0 Å². The number of amides is 1. The average Bonchev–Trinajstić information content (AvgIpc) is 2.39. The number of hydrogen-bond donors (Lipinski definition) is 1. The fourth-order valence-electron chi connectivity index (χ4n) is 1.70. The van der Waals surface area contributed by atoms with Crippen molar-refractivity contribution in [2.45, 2.75) is 6.43 Å². The molecule has 5 nitrogen and oxygen atoms in total. The standard InChI is InChI=1S/C11H12BrF2N3O2/c12-8-5-7(16-11(18)9(13)14)6-15-10(8)17-1-3-19-4-2-17/h5-6,9H,1-4H2,(H,16,18). The van der Waals surface area contributed by atoms with Gasteiger partial charge in [-0.15, -0.1) is 0 Å². The van der Waals surface area contributed by atoms with Crippen molar-refractivity contribution < 1.29 is 18.3 Å². The Morgan fingerprint density at radius 3 is 2.74 bits per heavy atom. The van der Waals surface area contributed by atoms with Crippen LogP contribution in [0.15, 0.2) is 16.7 Å². The van der Waals surface area contributed by atoms with Crippen molar-refractivity contribution in [2.24, 2.45) is 0 Å². The fourth-order valence-corrected chi connectivity index (χ4v) is 2.30. The zero-order valence-electron chi connectivity index (χ0n) is 9.91. The van der Waals surface area contributed by atoms with Gasteiger partial charge in [-0.3, -0.25) is 4.79 Å². The van der Waals surface area contributed by atoms with E-state index in [0.717, 1.165) is 0 Å². The predicted octanol–water partition coefficient (Wildman–Crippen LogP) is 1.88. The van der Waals surface area contributed by atoms with Gasteiger partial charge in [0.2, 0.25) is 0 Å². The van der Waals surface area contributed by atoms with Gasteiger partial charge in [-0.1, -0.05) is 0 Å². The van der Waals surface area contributed by atoms with Crippen LogP contribution in [0.4, 0.5) is 20.3 Å². The quantitative estimate of drug-likeness (QED) is 0.916. The largest absolute Gasteiger partial charge is 0.378 e. The smallest absolute Gasteiger partial charge is 0.315 e. The number of nitrogens with one attached hydrogen (secondary N) is 1. The van der Waals surface area contributed by atoms with Gasteiger partial charge in [-0.2, -0.15) is 8.78 Å². The molecule has 0 aromatic carbocycles. The monoisotopic (exact) mass is 335 g/mol. The lowest BCUT2D eigenvalue weighted by Gasteiger charge is -2.28. The first-order valence-electron chi connectivity index (χ1n) is 5.65. The number of halogens is 3. The van der Waals surface area contributed by atoms with Crippen LogP contribution in [0.3, 0.4) is 0 Å². The molecule has 0 saturated carbocycles. The van der Waals surface area contributed by atoms with Crippen molar-refractivity contribution in [2.75, 3.05) is 36.5 Å². The number of pyridine rings is 1. The van der Waals surface area contributed by atoms with E-state index in [1.165, 1.54) is 6.20 Å². The van der Waals surface area contributed by atoms with Crippen LogP contribution >= 0.6 is 15.9 Å². The van der Waals surface area contributed by atoms with Crippen molar-refractivity contribution in [3.63, 3.8) is 0 Å². The third kappa shape index (κ3) is 3.60. The lowest BCUT2D eigenvalue weighted by atomic mass is 10.3. The summed E-state index contributed by atoms with van der Waals surface area (Å²) < 4.78 is 30.1. The molecule has 1 aliphatic heterocycles. The molecule has 1 saturated heterocycles. The number of nitrogens with zero attached hydrogens (tertiary/aromatic N) is 2. The van der Waals surface area contributed by atoms with Crippen LogP contribution < -0.4 is 10.2 Å². The zero-order chi connectivity index (χ0) is 13.8. The lowest BCUT2D eigenvalue weighted by molar-refractivity contribution is -0.126. The van der Waals surface area contributed by atoms with Gasteiger partial charge in [0.25, 0.3) is 5.91 Å². The SMILES string of the molecule is O=C(Nc1cnc(N2CCOCC2)c(Br)c1)C(F)F. The summed E-state index contributed by atoms with van der Waals surface area (Å²) in [6.45, 7) is 2.68. The molecule has 0 atom stereocenters. The first-order valence-corrected chi connectivity index (χ1v) is 6.44. The number of anilines is 2. The molecule has 1 N–H and O–H groups in total. The number of morpholine rings is 1. The third-order valence-electron chi connectivity index (χ3n) is 2.60. The van der Waals surface area contributed by atoms with Crippen LogP contribution in [0.25, 0.3) is 0 Å². The van der Waals surface area contributed by atoms with Gasteiger partial charge in [0.1, 0.15) is 5.82 Å². The van der Waals surface area contributed by atoms with Crippen molar-refractivity contribution >= 4 is 33.3 Å². The van der Waals surface area contributed by atoms with Crippen molar-refractivity contribution in [3.8, 4) is 0 Å². The molecule has 104 valence electrons. The third-order valence-corrected chi connectivity index (χ3v) is 3.18. The Labute approximate surface area is 117 Å². The average molecular weight is 336 g/mol. The van der Waals surface area contributed by atoms with Gasteiger partial charge >= 0.3 is 6.43 Å². The molecule has 2 rings (SSSR count). The van der Waals surface area contributed by atoms with Crippen molar-refractivity contribution in [1.29, 1.82) is 0 Å². The molecule has 1 aromatic heterocycles. The summed E-state index contributed by atoms with van der Waals surface area (Å²) in [7, 11) is 0. The summed E-state index contributed by atoms with van der Waals surface area (Å²) in [5.74, 6) is -0.633. The molecular formula is C11H12BrF2N3O2. The van der Waals surface area contributed by atoms with Crippen LogP contribution in [0.5, 0.6) is 0 Å². The number of carbonyl (C=O) groups excluding carboxylic acids is 1. The molecule has 8 heteroatoms. The zero-order valence-corrected chi connectivity index (χ0v) is 11.5. The Bertz CT molecular complexity index is 467. The second-order valence-corrected chi connectivity index (χ2v) is 4.77. The summed E-state index contributed by atoms with van der Waals surface area (Å²) in [4.78, 5) is 17.1. The fraction of sp³-hybridized carbons (Fsp3) is 0.455. The van der Waals surface area contributed by atoms with E-state index < -0.39 is 12.3 Å². The van der Waals surface area contributed by atoms with Gasteiger partial charge in [0.05, 0.1) is 29.6 Å². The van der Waals surface area contributed by atoms with E-state index in [4.69, 9.17) is 4.74 Å². The minimum absolute atomic E-state index is 0.231. The van der Waals surface area contributed by atoms with Crippen LogP contribution in [-0.2, 0) is 9.53 Å². The first-order chi connectivity index (χ1) is 9.08. The molecule has 0 unspecified atom stereocenters. The van der Waals surface area contributed by atoms with Crippen LogP contribution in [0.1, 0.15) is 0 Å². The molecular weight excluding hydrogens is 324 g/mol. The summed E-state index contributed by atoms with van der Waals surface area (Å²) in [5.41, 5.74) is 0.231. The number of aromatic nitrogens is 1. The Balaban J connectivity index is 2.10. The van der Waals surface area contributed by atoms with Gasteiger partial charge in [-0.25, -0.2) is 4.98 Å². The maximum absolute atomic E-state index is 12.1. The van der Waals surface area contributed by atoms with E-state index in [0.29, 0.717) is 36.6 Å². The van der Waals surface area contributed by atoms with Gasteiger partial charge in [0, 0.05) is 13.1 Å². The van der Waals surface area contributed by atoms with E-state index in [-0.39, 0.29) is 5.69 Å². The highest BCUT2D eigenvalue weighted by Crippen LogP contribution is 2.27. The normalized spacial score (nSPS) is 15.7. The van der Waals surface area contributed by atoms with Crippen LogP contribution in [0.2, 0.25) is 0 Å².